The highest BCUT2D eigenvalue weighted by Crippen LogP contribution is 2.21. The van der Waals surface area contributed by atoms with Crippen LogP contribution in [0.4, 0.5) is 4.39 Å². The smallest absolute Gasteiger partial charge is 0.274 e. The molecule has 2 amide bonds. The summed E-state index contributed by atoms with van der Waals surface area (Å²) in [5, 5.41) is 9.40. The number of rotatable bonds is 4. The van der Waals surface area contributed by atoms with Gasteiger partial charge in [0.05, 0.1) is 5.56 Å². The van der Waals surface area contributed by atoms with Crippen LogP contribution in [-0.2, 0) is 6.54 Å². The fraction of sp³-hybridized carbons (Fsp3) is 0.238. The van der Waals surface area contributed by atoms with Gasteiger partial charge in [0.25, 0.3) is 11.8 Å². The van der Waals surface area contributed by atoms with Crippen LogP contribution in [0.25, 0.3) is 10.9 Å². The molecule has 1 saturated heterocycles. The van der Waals surface area contributed by atoms with Crippen LogP contribution in [0.3, 0.4) is 0 Å². The Kier molecular flexibility index (Phi) is 5.28. The van der Waals surface area contributed by atoms with E-state index in [1.165, 1.54) is 12.1 Å². The van der Waals surface area contributed by atoms with Crippen molar-refractivity contribution in [1.29, 1.82) is 0 Å². The highest BCUT2D eigenvalue weighted by Gasteiger charge is 2.24. The second kappa shape index (κ2) is 8.02. The summed E-state index contributed by atoms with van der Waals surface area (Å²) in [6, 6.07) is 11.4. The summed E-state index contributed by atoms with van der Waals surface area (Å²) in [7, 11) is 0. The third kappa shape index (κ3) is 3.98. The summed E-state index contributed by atoms with van der Waals surface area (Å²) in [6.07, 6.45) is 1.64. The lowest BCUT2D eigenvalue weighted by Crippen LogP contribution is -2.48. The number of fused-ring (bicyclic) bond motifs is 1. The van der Waals surface area contributed by atoms with Crippen LogP contribution < -0.4 is 5.48 Å². The number of H-pyrrole nitrogens is 1. The van der Waals surface area contributed by atoms with Gasteiger partial charge in [0, 0.05) is 55.4 Å². The van der Waals surface area contributed by atoms with Gasteiger partial charge < -0.3 is 9.88 Å². The van der Waals surface area contributed by atoms with Crippen molar-refractivity contribution in [2.75, 3.05) is 26.2 Å². The van der Waals surface area contributed by atoms with E-state index in [-0.39, 0.29) is 11.7 Å². The van der Waals surface area contributed by atoms with Crippen LogP contribution in [0.5, 0.6) is 0 Å². The van der Waals surface area contributed by atoms with Crippen LogP contribution in [0.15, 0.2) is 48.7 Å². The molecule has 8 heteroatoms. The van der Waals surface area contributed by atoms with E-state index in [4.69, 9.17) is 5.21 Å². The molecule has 2 aromatic carbocycles. The SMILES string of the molecule is O=C(NO)c1ccc(CN2CCN(C(=O)c3c[nH]c4cc(F)ccc34)CC2)cc1. The van der Waals surface area contributed by atoms with Gasteiger partial charge in [-0.15, -0.1) is 0 Å². The van der Waals surface area contributed by atoms with Crippen LogP contribution in [0, 0.1) is 5.82 Å². The molecular formula is C21H21FN4O3. The first-order valence-electron chi connectivity index (χ1n) is 9.37. The van der Waals surface area contributed by atoms with E-state index >= 15 is 0 Å². The van der Waals surface area contributed by atoms with Crippen LogP contribution in [-0.4, -0.2) is 58.0 Å². The standard InChI is InChI=1S/C21H21FN4O3/c22-16-5-6-17-18(12-23-19(17)11-16)21(28)26-9-7-25(8-10-26)13-14-1-3-15(4-2-14)20(27)24-29/h1-6,11-12,23,29H,7-10,13H2,(H,24,27). The van der Waals surface area contributed by atoms with Gasteiger partial charge in [-0.05, 0) is 35.9 Å². The van der Waals surface area contributed by atoms with Gasteiger partial charge in [-0.3, -0.25) is 19.7 Å². The normalized spacial score (nSPS) is 14.9. The zero-order valence-corrected chi connectivity index (χ0v) is 15.7. The number of carbonyl (C=O) groups excluding carboxylic acids is 2. The number of nitrogens with zero attached hydrogens (tertiary/aromatic N) is 2. The minimum absolute atomic E-state index is 0.0538. The Morgan fingerprint density at radius 3 is 2.48 bits per heavy atom. The van der Waals surface area contributed by atoms with Gasteiger partial charge in [-0.2, -0.15) is 0 Å². The molecule has 4 rings (SSSR count). The number of nitrogens with one attached hydrogen (secondary N) is 2. The number of amides is 2. The van der Waals surface area contributed by atoms with Crippen LogP contribution in [0.2, 0.25) is 0 Å². The van der Waals surface area contributed by atoms with Gasteiger partial charge in [0.15, 0.2) is 0 Å². The van der Waals surface area contributed by atoms with Crippen molar-refractivity contribution in [3.05, 3.63) is 71.2 Å². The molecular weight excluding hydrogens is 375 g/mol. The third-order valence-corrected chi connectivity index (χ3v) is 5.26. The second-order valence-electron chi connectivity index (χ2n) is 7.10. The average Bonchev–Trinajstić information content (AvgIpc) is 3.16. The maximum absolute atomic E-state index is 13.4. The molecule has 3 N–H and O–H groups in total. The Morgan fingerprint density at radius 2 is 1.79 bits per heavy atom. The summed E-state index contributed by atoms with van der Waals surface area (Å²) in [5.74, 6) is -0.928. The van der Waals surface area contributed by atoms with E-state index < -0.39 is 5.91 Å². The fourth-order valence-corrected chi connectivity index (χ4v) is 3.64. The van der Waals surface area contributed by atoms with E-state index in [9.17, 15) is 14.0 Å². The van der Waals surface area contributed by atoms with Gasteiger partial charge in [0.1, 0.15) is 5.82 Å². The Balaban J connectivity index is 1.36. The summed E-state index contributed by atoms with van der Waals surface area (Å²) < 4.78 is 13.4. The predicted molar refractivity (Wildman–Crippen MR) is 105 cm³/mol. The number of carbonyl (C=O) groups is 2. The molecule has 0 radical (unpaired) electrons. The highest BCUT2D eigenvalue weighted by atomic mass is 19.1. The monoisotopic (exact) mass is 396 g/mol. The maximum Gasteiger partial charge on any atom is 0.274 e. The van der Waals surface area contributed by atoms with Crippen molar-refractivity contribution >= 4 is 22.7 Å². The Hall–Kier alpha value is -3.23. The van der Waals surface area contributed by atoms with E-state index in [0.29, 0.717) is 29.7 Å². The lowest BCUT2D eigenvalue weighted by atomic mass is 10.1. The molecule has 1 aliphatic rings. The molecule has 0 atom stereocenters. The molecule has 0 saturated carbocycles. The lowest BCUT2D eigenvalue weighted by molar-refractivity contribution is 0.0630. The summed E-state index contributed by atoms with van der Waals surface area (Å²) in [6.45, 7) is 3.41. The zero-order valence-electron chi connectivity index (χ0n) is 15.7. The van der Waals surface area contributed by atoms with Crippen molar-refractivity contribution in [3.63, 3.8) is 0 Å². The molecule has 2 heterocycles. The van der Waals surface area contributed by atoms with Crippen molar-refractivity contribution in [2.45, 2.75) is 6.54 Å². The molecule has 3 aromatic rings. The first-order valence-corrected chi connectivity index (χ1v) is 9.37. The number of piperazine rings is 1. The molecule has 0 bridgehead atoms. The molecule has 1 fully saturated rings. The lowest BCUT2D eigenvalue weighted by Gasteiger charge is -2.34. The molecule has 1 aliphatic heterocycles. The fourth-order valence-electron chi connectivity index (χ4n) is 3.64. The highest BCUT2D eigenvalue weighted by molar-refractivity contribution is 6.06. The topological polar surface area (TPSA) is 88.7 Å². The summed E-state index contributed by atoms with van der Waals surface area (Å²) in [4.78, 5) is 31.3. The van der Waals surface area contributed by atoms with Crippen LogP contribution >= 0.6 is 0 Å². The van der Waals surface area contributed by atoms with E-state index in [2.05, 4.69) is 9.88 Å². The average molecular weight is 396 g/mol. The number of aromatic nitrogens is 1. The van der Waals surface area contributed by atoms with Gasteiger partial charge in [-0.25, -0.2) is 9.87 Å². The van der Waals surface area contributed by atoms with Crippen molar-refractivity contribution < 1.29 is 19.2 Å². The van der Waals surface area contributed by atoms with Gasteiger partial charge >= 0.3 is 0 Å². The molecule has 29 heavy (non-hydrogen) atoms. The minimum atomic E-state index is -0.538. The quantitative estimate of drug-likeness (QED) is 0.467. The molecule has 0 spiro atoms. The third-order valence-electron chi connectivity index (χ3n) is 5.26. The van der Waals surface area contributed by atoms with Crippen molar-refractivity contribution in [2.24, 2.45) is 0 Å². The Labute approximate surface area is 166 Å². The number of halogens is 1. The van der Waals surface area contributed by atoms with Gasteiger partial charge in [0.2, 0.25) is 0 Å². The first-order chi connectivity index (χ1) is 14.0. The molecule has 7 nitrogen and oxygen atoms in total. The number of aromatic amines is 1. The van der Waals surface area contributed by atoms with Crippen molar-refractivity contribution in [1.82, 2.24) is 20.3 Å². The zero-order chi connectivity index (χ0) is 20.4. The summed E-state index contributed by atoms with van der Waals surface area (Å²) in [5.41, 5.74) is 4.24. The van der Waals surface area contributed by atoms with E-state index in [0.717, 1.165) is 30.6 Å². The van der Waals surface area contributed by atoms with Gasteiger partial charge in [-0.1, -0.05) is 12.1 Å². The number of hydroxylamine groups is 1. The number of benzene rings is 2. The molecule has 0 unspecified atom stereocenters. The summed E-state index contributed by atoms with van der Waals surface area (Å²) >= 11 is 0. The number of hydrogen-bond donors (Lipinski definition) is 3. The van der Waals surface area contributed by atoms with Crippen LogP contribution in [0.1, 0.15) is 26.3 Å². The van der Waals surface area contributed by atoms with Crippen molar-refractivity contribution in [3.8, 4) is 0 Å². The largest absolute Gasteiger partial charge is 0.360 e. The minimum Gasteiger partial charge on any atom is -0.360 e. The Bertz CT molecular complexity index is 1040. The first kappa shape index (κ1) is 19.1. The predicted octanol–water partition coefficient (Wildman–Crippen LogP) is 2.38. The molecule has 1 aromatic heterocycles. The second-order valence-corrected chi connectivity index (χ2v) is 7.10. The molecule has 150 valence electrons. The number of hydrogen-bond acceptors (Lipinski definition) is 4. The van der Waals surface area contributed by atoms with E-state index in [1.807, 2.05) is 17.0 Å². The van der Waals surface area contributed by atoms with E-state index in [1.54, 1.807) is 29.9 Å². The Morgan fingerprint density at radius 1 is 1.07 bits per heavy atom. The molecule has 0 aliphatic carbocycles. The maximum atomic E-state index is 13.4.